The van der Waals surface area contributed by atoms with Gasteiger partial charge < -0.3 is 34.3 Å². The lowest BCUT2D eigenvalue weighted by atomic mass is 9.86. The summed E-state index contributed by atoms with van der Waals surface area (Å²) in [6.07, 6.45) is 3.73. The molecule has 3 N–H and O–H groups in total. The lowest BCUT2D eigenvalue weighted by molar-refractivity contribution is 0.0299. The molecule has 2 aliphatic heterocycles. The van der Waals surface area contributed by atoms with Crippen LogP contribution in [0.1, 0.15) is 51.7 Å². The number of benzene rings is 2. The summed E-state index contributed by atoms with van der Waals surface area (Å²) in [7, 11) is 0. The third kappa shape index (κ3) is 4.28. The quantitative estimate of drug-likeness (QED) is 0.287. The third-order valence-electron chi connectivity index (χ3n) is 8.51. The number of carbonyl (C=O) groups excluding carboxylic acids is 2. The molecule has 4 heterocycles. The number of ether oxygens (including phenoxy) is 2. The Kier molecular flexibility index (Phi) is 6.35. The topological polar surface area (TPSA) is 111 Å². The van der Waals surface area contributed by atoms with Crippen LogP contribution >= 0.6 is 11.6 Å². The van der Waals surface area contributed by atoms with E-state index in [0.29, 0.717) is 72.6 Å². The van der Waals surface area contributed by atoms with E-state index in [-0.39, 0.29) is 23.5 Å². The maximum absolute atomic E-state index is 13.8. The highest BCUT2D eigenvalue weighted by Crippen LogP contribution is 2.46. The molecule has 0 radical (unpaired) electrons. The standard InChI is InChI=1S/C30H31ClN4O5/c31-14-19-15-35(30(38)23-11-18-10-20(4-5-22(18)32-23)40-16-17-2-1-3-17)25-13-26(36)28-21(27(19)25)12-24(33-28)29(37)34-6-8-39-9-7-34/h4-5,10-13,17,19,32-33,36H,1-3,6-9,14-16H2/t19-/m1/s1. The van der Waals surface area contributed by atoms with Crippen LogP contribution in [-0.4, -0.2) is 77.1 Å². The highest BCUT2D eigenvalue weighted by Gasteiger charge is 2.36. The number of H-pyrrole nitrogens is 2. The fraction of sp³-hybridized carbons (Fsp3) is 0.400. The van der Waals surface area contributed by atoms with Crippen LogP contribution in [-0.2, 0) is 4.74 Å². The van der Waals surface area contributed by atoms with Crippen molar-refractivity contribution in [2.45, 2.75) is 25.2 Å². The predicted molar refractivity (Wildman–Crippen MR) is 153 cm³/mol. The van der Waals surface area contributed by atoms with Crippen LogP contribution in [0.15, 0.2) is 36.4 Å². The van der Waals surface area contributed by atoms with Crippen molar-refractivity contribution in [2.75, 3.05) is 50.2 Å². The number of fused-ring (bicyclic) bond motifs is 4. The van der Waals surface area contributed by atoms with Crippen LogP contribution in [0.5, 0.6) is 11.5 Å². The van der Waals surface area contributed by atoms with Crippen molar-refractivity contribution in [3.8, 4) is 11.5 Å². The predicted octanol–water partition coefficient (Wildman–Crippen LogP) is 4.99. The van der Waals surface area contributed by atoms with Gasteiger partial charge in [0, 0.05) is 53.8 Å². The first-order valence-corrected chi connectivity index (χ1v) is 14.4. The molecular formula is C30H31ClN4O5. The number of halogens is 1. The van der Waals surface area contributed by atoms with Gasteiger partial charge in [-0.15, -0.1) is 11.6 Å². The Morgan fingerprint density at radius 1 is 1.05 bits per heavy atom. The molecule has 1 aliphatic carbocycles. The van der Waals surface area contributed by atoms with Crippen LogP contribution in [0.3, 0.4) is 0 Å². The lowest BCUT2D eigenvalue weighted by Gasteiger charge is -2.26. The van der Waals surface area contributed by atoms with Gasteiger partial charge in [-0.25, -0.2) is 0 Å². The van der Waals surface area contributed by atoms with Crippen molar-refractivity contribution in [1.82, 2.24) is 14.9 Å². The Labute approximate surface area is 236 Å². The minimum absolute atomic E-state index is 0.0206. The molecule has 1 saturated carbocycles. The Balaban J connectivity index is 1.20. The first-order valence-electron chi connectivity index (χ1n) is 13.9. The second-order valence-electron chi connectivity index (χ2n) is 11.0. The highest BCUT2D eigenvalue weighted by molar-refractivity contribution is 6.19. The zero-order chi connectivity index (χ0) is 27.4. The van der Waals surface area contributed by atoms with E-state index in [1.807, 2.05) is 24.3 Å². The minimum atomic E-state index is -0.207. The summed E-state index contributed by atoms with van der Waals surface area (Å²) in [4.78, 5) is 36.7. The van der Waals surface area contributed by atoms with E-state index in [1.165, 1.54) is 19.3 Å². The number of aromatic amines is 2. The number of aromatic hydroxyl groups is 1. The average Bonchev–Trinajstić information content (AvgIpc) is 3.67. The summed E-state index contributed by atoms with van der Waals surface area (Å²) < 4.78 is 11.4. The maximum atomic E-state index is 13.8. The van der Waals surface area contributed by atoms with Gasteiger partial charge in [-0.2, -0.15) is 0 Å². The molecule has 7 rings (SSSR count). The Morgan fingerprint density at radius 2 is 1.85 bits per heavy atom. The molecule has 10 heteroatoms. The van der Waals surface area contributed by atoms with Gasteiger partial charge in [-0.1, -0.05) is 6.42 Å². The van der Waals surface area contributed by atoms with Gasteiger partial charge in [0.1, 0.15) is 22.9 Å². The van der Waals surface area contributed by atoms with Gasteiger partial charge >= 0.3 is 0 Å². The molecule has 4 aromatic rings. The molecule has 0 bridgehead atoms. The molecule has 2 amide bonds. The number of anilines is 1. The average molecular weight is 563 g/mol. The number of aromatic nitrogens is 2. The number of amides is 2. The summed E-state index contributed by atoms with van der Waals surface area (Å²) in [5.41, 5.74) is 3.63. The number of nitrogens with one attached hydrogen (secondary N) is 2. The fourth-order valence-corrected chi connectivity index (χ4v) is 6.31. The first-order chi connectivity index (χ1) is 19.5. The van der Waals surface area contributed by atoms with E-state index in [9.17, 15) is 14.7 Å². The molecule has 2 aromatic carbocycles. The number of rotatable bonds is 6. The van der Waals surface area contributed by atoms with Crippen LogP contribution in [0, 0.1) is 5.92 Å². The largest absolute Gasteiger partial charge is 0.506 e. The van der Waals surface area contributed by atoms with E-state index in [2.05, 4.69) is 9.97 Å². The molecule has 2 aromatic heterocycles. The number of carbonyl (C=O) groups is 2. The molecule has 0 spiro atoms. The third-order valence-corrected chi connectivity index (χ3v) is 8.88. The number of hydrogen-bond donors (Lipinski definition) is 3. The molecule has 0 unspecified atom stereocenters. The second kappa shape index (κ2) is 10.1. The van der Waals surface area contributed by atoms with Gasteiger partial charge in [-0.05, 0) is 54.7 Å². The SMILES string of the molecule is O=C(c1cc2c3c(cc(O)c2[nH]1)N(C(=O)c1cc2cc(OCC4CCC4)ccc2[nH]1)C[C@H]3CCl)N1CCOCC1. The summed E-state index contributed by atoms with van der Waals surface area (Å²) >= 11 is 6.41. The molecule has 40 heavy (non-hydrogen) atoms. The summed E-state index contributed by atoms with van der Waals surface area (Å²) in [6.45, 7) is 3.14. The smallest absolute Gasteiger partial charge is 0.274 e. The van der Waals surface area contributed by atoms with E-state index in [1.54, 1.807) is 21.9 Å². The lowest BCUT2D eigenvalue weighted by Crippen LogP contribution is -2.40. The van der Waals surface area contributed by atoms with E-state index in [0.717, 1.165) is 28.8 Å². The van der Waals surface area contributed by atoms with Crippen molar-refractivity contribution < 1.29 is 24.2 Å². The first kappa shape index (κ1) is 25.3. The maximum Gasteiger partial charge on any atom is 0.274 e. The molecular weight excluding hydrogens is 532 g/mol. The molecule has 3 aliphatic rings. The van der Waals surface area contributed by atoms with Gasteiger partial charge in [-0.3, -0.25) is 9.59 Å². The Bertz CT molecular complexity index is 1620. The number of morpholine rings is 1. The van der Waals surface area contributed by atoms with Crippen LogP contribution in [0.2, 0.25) is 0 Å². The molecule has 1 saturated heterocycles. The molecule has 9 nitrogen and oxygen atoms in total. The summed E-state index contributed by atoms with van der Waals surface area (Å²) in [5, 5.41) is 12.6. The number of alkyl halides is 1. The van der Waals surface area contributed by atoms with E-state index >= 15 is 0 Å². The molecule has 1 atom stereocenters. The van der Waals surface area contributed by atoms with Crippen molar-refractivity contribution >= 4 is 50.9 Å². The number of nitrogens with zero attached hydrogens (tertiary/aromatic N) is 2. The van der Waals surface area contributed by atoms with Crippen LogP contribution in [0.25, 0.3) is 21.8 Å². The monoisotopic (exact) mass is 562 g/mol. The Hall–Kier alpha value is -3.69. The van der Waals surface area contributed by atoms with E-state index < -0.39 is 0 Å². The highest BCUT2D eigenvalue weighted by atomic mass is 35.5. The fourth-order valence-electron chi connectivity index (χ4n) is 6.05. The van der Waals surface area contributed by atoms with Crippen molar-refractivity contribution in [1.29, 1.82) is 0 Å². The normalized spacial score (nSPS) is 19.3. The second-order valence-corrected chi connectivity index (χ2v) is 11.3. The van der Waals surface area contributed by atoms with Gasteiger partial charge in [0.2, 0.25) is 0 Å². The van der Waals surface area contributed by atoms with E-state index in [4.69, 9.17) is 21.1 Å². The van der Waals surface area contributed by atoms with Gasteiger partial charge in [0.25, 0.3) is 11.8 Å². The summed E-state index contributed by atoms with van der Waals surface area (Å²) in [5.74, 6) is 1.21. The zero-order valence-electron chi connectivity index (χ0n) is 22.0. The minimum Gasteiger partial charge on any atom is -0.506 e. The number of phenols is 1. The zero-order valence-corrected chi connectivity index (χ0v) is 22.8. The van der Waals surface area contributed by atoms with Gasteiger partial charge in [0.05, 0.1) is 31.0 Å². The number of phenolic OH excluding ortho intramolecular Hbond substituents is 1. The van der Waals surface area contributed by atoms with Crippen molar-refractivity contribution in [3.05, 3.63) is 53.3 Å². The number of hydrogen-bond acceptors (Lipinski definition) is 5. The Morgan fingerprint density at radius 3 is 2.60 bits per heavy atom. The van der Waals surface area contributed by atoms with Gasteiger partial charge in [0.15, 0.2) is 0 Å². The van der Waals surface area contributed by atoms with Crippen LogP contribution in [0.4, 0.5) is 5.69 Å². The summed E-state index contributed by atoms with van der Waals surface area (Å²) in [6, 6.07) is 11.0. The van der Waals surface area contributed by atoms with Crippen molar-refractivity contribution in [2.24, 2.45) is 5.92 Å². The van der Waals surface area contributed by atoms with Crippen molar-refractivity contribution in [3.63, 3.8) is 0 Å². The van der Waals surface area contributed by atoms with Crippen LogP contribution < -0.4 is 9.64 Å². The molecule has 208 valence electrons. The molecule has 2 fully saturated rings.